The molecule has 0 saturated heterocycles. The van der Waals surface area contributed by atoms with E-state index in [0.717, 1.165) is 25.1 Å². The third-order valence-corrected chi connectivity index (χ3v) is 2.72. The third-order valence-electron chi connectivity index (χ3n) is 2.72. The van der Waals surface area contributed by atoms with Crippen molar-refractivity contribution in [3.05, 3.63) is 18.0 Å². The summed E-state index contributed by atoms with van der Waals surface area (Å²) in [6.07, 6.45) is 4.33. The van der Waals surface area contributed by atoms with E-state index in [-0.39, 0.29) is 12.1 Å². The zero-order chi connectivity index (χ0) is 12.0. The first-order valence-electron chi connectivity index (χ1n) is 5.98. The molecule has 0 fully saturated rings. The van der Waals surface area contributed by atoms with Gasteiger partial charge < -0.3 is 10.1 Å². The van der Waals surface area contributed by atoms with Crippen LogP contribution in [-0.4, -0.2) is 29.5 Å². The normalized spacial score (nSPS) is 15.0. The van der Waals surface area contributed by atoms with Crippen LogP contribution in [0.1, 0.15) is 38.4 Å². The molecule has 0 aliphatic carbocycles. The molecule has 2 unspecified atom stereocenters. The second kappa shape index (κ2) is 6.66. The highest BCUT2D eigenvalue weighted by Crippen LogP contribution is 2.20. The number of aryl methyl sites for hydroxylation is 1. The van der Waals surface area contributed by atoms with Crippen LogP contribution in [-0.2, 0) is 11.8 Å². The molecule has 2 atom stereocenters. The summed E-state index contributed by atoms with van der Waals surface area (Å²) in [7, 11) is 3.71. The molecule has 0 saturated carbocycles. The molecule has 16 heavy (non-hydrogen) atoms. The number of hydrogen-bond acceptors (Lipinski definition) is 3. The average Bonchev–Trinajstić information content (AvgIpc) is 2.70. The lowest BCUT2D eigenvalue weighted by atomic mass is 10.0. The number of nitrogens with zero attached hydrogens (tertiary/aromatic N) is 2. The Balaban J connectivity index is 2.79. The summed E-state index contributed by atoms with van der Waals surface area (Å²) >= 11 is 0. The largest absolute Gasteiger partial charge is 0.379 e. The Morgan fingerprint density at radius 2 is 2.25 bits per heavy atom. The minimum atomic E-state index is 0.191. The van der Waals surface area contributed by atoms with Crippen molar-refractivity contribution in [1.29, 1.82) is 0 Å². The molecule has 0 aromatic carbocycles. The zero-order valence-electron chi connectivity index (χ0n) is 10.7. The smallest absolute Gasteiger partial charge is 0.0820 e. The predicted octanol–water partition coefficient (Wildman–Crippen LogP) is 1.89. The van der Waals surface area contributed by atoms with Gasteiger partial charge in [0.2, 0.25) is 0 Å². The summed E-state index contributed by atoms with van der Waals surface area (Å²) < 4.78 is 7.39. The van der Waals surface area contributed by atoms with E-state index in [4.69, 9.17) is 4.74 Å². The number of aromatic nitrogens is 2. The van der Waals surface area contributed by atoms with Gasteiger partial charge in [-0.1, -0.05) is 20.3 Å². The Bertz CT molecular complexity index is 298. The highest BCUT2D eigenvalue weighted by molar-refractivity contribution is 5.07. The van der Waals surface area contributed by atoms with Gasteiger partial charge in [-0.3, -0.25) is 4.68 Å². The van der Waals surface area contributed by atoms with Crippen molar-refractivity contribution in [2.24, 2.45) is 7.05 Å². The Morgan fingerprint density at radius 1 is 1.50 bits per heavy atom. The first-order chi connectivity index (χ1) is 7.72. The van der Waals surface area contributed by atoms with Gasteiger partial charge >= 0.3 is 0 Å². The molecule has 0 spiro atoms. The van der Waals surface area contributed by atoms with Gasteiger partial charge in [-0.25, -0.2) is 0 Å². The molecule has 1 heterocycles. The predicted molar refractivity (Wildman–Crippen MR) is 65.3 cm³/mol. The van der Waals surface area contributed by atoms with Crippen LogP contribution >= 0.6 is 0 Å². The molecular weight excluding hydrogens is 202 g/mol. The van der Waals surface area contributed by atoms with Crippen LogP contribution < -0.4 is 5.32 Å². The van der Waals surface area contributed by atoms with E-state index in [9.17, 15) is 0 Å². The van der Waals surface area contributed by atoms with Crippen LogP contribution in [0.4, 0.5) is 0 Å². The van der Waals surface area contributed by atoms with Crippen LogP contribution in [0.25, 0.3) is 0 Å². The fraction of sp³-hybridized carbons (Fsp3) is 0.750. The van der Waals surface area contributed by atoms with Crippen LogP contribution in [0, 0.1) is 0 Å². The van der Waals surface area contributed by atoms with Gasteiger partial charge in [0.25, 0.3) is 0 Å². The Morgan fingerprint density at radius 3 is 2.69 bits per heavy atom. The molecule has 0 radical (unpaired) electrons. The van der Waals surface area contributed by atoms with Crippen molar-refractivity contribution in [2.75, 3.05) is 13.7 Å². The molecule has 0 aliphatic heterocycles. The molecular formula is C12H23N3O. The van der Waals surface area contributed by atoms with Gasteiger partial charge in [-0.15, -0.1) is 0 Å². The summed E-state index contributed by atoms with van der Waals surface area (Å²) in [5, 5.41) is 7.90. The fourth-order valence-corrected chi connectivity index (χ4v) is 1.95. The standard InChI is InChI=1S/C12H23N3O/c1-5-7-11(16-4)12(13-6-2)10-8-9-15(3)14-10/h8-9,11-13H,5-7H2,1-4H3. The maximum absolute atomic E-state index is 5.56. The number of likely N-dealkylation sites (N-methyl/N-ethyl adjacent to an activating group) is 1. The number of methoxy groups -OCH3 is 1. The molecule has 1 aromatic rings. The summed E-state index contributed by atoms with van der Waals surface area (Å²) in [5.41, 5.74) is 1.06. The van der Waals surface area contributed by atoms with E-state index in [1.54, 1.807) is 7.11 Å². The van der Waals surface area contributed by atoms with Gasteiger partial charge in [0.05, 0.1) is 17.8 Å². The van der Waals surface area contributed by atoms with E-state index in [2.05, 4.69) is 30.3 Å². The monoisotopic (exact) mass is 225 g/mol. The molecule has 0 aliphatic rings. The van der Waals surface area contributed by atoms with Crippen LogP contribution in [0.5, 0.6) is 0 Å². The van der Waals surface area contributed by atoms with Gasteiger partial charge in [0.1, 0.15) is 0 Å². The van der Waals surface area contributed by atoms with E-state index in [0.29, 0.717) is 0 Å². The molecule has 4 nitrogen and oxygen atoms in total. The van der Waals surface area contributed by atoms with Crippen molar-refractivity contribution in [1.82, 2.24) is 15.1 Å². The van der Waals surface area contributed by atoms with E-state index >= 15 is 0 Å². The molecule has 0 bridgehead atoms. The minimum absolute atomic E-state index is 0.191. The highest BCUT2D eigenvalue weighted by Gasteiger charge is 2.23. The van der Waals surface area contributed by atoms with Crippen molar-refractivity contribution < 1.29 is 4.74 Å². The maximum Gasteiger partial charge on any atom is 0.0820 e. The summed E-state index contributed by atoms with van der Waals surface area (Å²) in [5.74, 6) is 0. The SMILES string of the molecule is CCCC(OC)C(NCC)c1ccn(C)n1. The quantitative estimate of drug-likeness (QED) is 0.770. The van der Waals surface area contributed by atoms with E-state index in [1.807, 2.05) is 17.9 Å². The van der Waals surface area contributed by atoms with E-state index in [1.165, 1.54) is 0 Å². The highest BCUT2D eigenvalue weighted by atomic mass is 16.5. The molecule has 4 heteroatoms. The average molecular weight is 225 g/mol. The lowest BCUT2D eigenvalue weighted by Gasteiger charge is -2.25. The second-order valence-electron chi connectivity index (χ2n) is 4.01. The Hall–Kier alpha value is -0.870. The summed E-state index contributed by atoms with van der Waals surface area (Å²) in [4.78, 5) is 0. The number of rotatable bonds is 7. The van der Waals surface area contributed by atoms with Crippen LogP contribution in [0.2, 0.25) is 0 Å². The molecule has 92 valence electrons. The van der Waals surface area contributed by atoms with Crippen molar-refractivity contribution >= 4 is 0 Å². The first-order valence-corrected chi connectivity index (χ1v) is 5.98. The second-order valence-corrected chi connectivity index (χ2v) is 4.01. The van der Waals surface area contributed by atoms with Gasteiger partial charge in [-0.05, 0) is 19.0 Å². The Labute approximate surface area is 98.0 Å². The van der Waals surface area contributed by atoms with Gasteiger partial charge in [-0.2, -0.15) is 5.10 Å². The first kappa shape index (κ1) is 13.2. The lowest BCUT2D eigenvalue weighted by molar-refractivity contribution is 0.0596. The van der Waals surface area contributed by atoms with Crippen molar-refractivity contribution in [2.45, 2.75) is 38.8 Å². The lowest BCUT2D eigenvalue weighted by Crippen LogP contribution is -2.33. The fourth-order valence-electron chi connectivity index (χ4n) is 1.95. The summed E-state index contributed by atoms with van der Waals surface area (Å²) in [6.45, 7) is 5.20. The number of hydrogen-bond donors (Lipinski definition) is 1. The maximum atomic E-state index is 5.56. The van der Waals surface area contributed by atoms with Gasteiger partial charge in [0.15, 0.2) is 0 Å². The zero-order valence-corrected chi connectivity index (χ0v) is 10.7. The minimum Gasteiger partial charge on any atom is -0.379 e. The van der Waals surface area contributed by atoms with Crippen LogP contribution in [0.3, 0.4) is 0 Å². The van der Waals surface area contributed by atoms with E-state index < -0.39 is 0 Å². The third kappa shape index (κ3) is 3.32. The van der Waals surface area contributed by atoms with Gasteiger partial charge in [0, 0.05) is 20.4 Å². The molecule has 1 rings (SSSR count). The molecule has 0 amide bonds. The molecule has 1 aromatic heterocycles. The number of nitrogens with one attached hydrogen (secondary N) is 1. The molecule has 1 N–H and O–H groups in total. The Kier molecular flexibility index (Phi) is 5.49. The topological polar surface area (TPSA) is 39.1 Å². The van der Waals surface area contributed by atoms with Crippen LogP contribution in [0.15, 0.2) is 12.3 Å². The van der Waals surface area contributed by atoms with Crippen molar-refractivity contribution in [3.63, 3.8) is 0 Å². The van der Waals surface area contributed by atoms with Crippen molar-refractivity contribution in [3.8, 4) is 0 Å². The summed E-state index contributed by atoms with van der Waals surface area (Å²) in [6, 6.07) is 2.24. The number of ether oxygens (including phenoxy) is 1.